The first-order valence-corrected chi connectivity index (χ1v) is 9.72. The molecule has 138 valence electrons. The lowest BCUT2D eigenvalue weighted by Gasteiger charge is -2.31. The minimum atomic E-state index is -0.0775. The number of fused-ring (bicyclic) bond motifs is 3. The number of pyridine rings is 2. The smallest absolute Gasteiger partial charge is 0.319 e. The van der Waals surface area contributed by atoms with Crippen molar-refractivity contribution < 1.29 is 4.79 Å². The van der Waals surface area contributed by atoms with Crippen LogP contribution in [0.4, 0.5) is 10.6 Å². The van der Waals surface area contributed by atoms with Crippen molar-refractivity contribution >= 4 is 34.1 Å². The number of likely N-dealkylation sites (tertiary alicyclic amines) is 2. The van der Waals surface area contributed by atoms with Crippen LogP contribution >= 0.6 is 11.3 Å². The number of hydrogen-bond acceptors (Lipinski definition) is 7. The van der Waals surface area contributed by atoms with E-state index in [9.17, 15) is 4.79 Å². The molecule has 27 heavy (non-hydrogen) atoms. The molecule has 0 aliphatic carbocycles. The molecule has 0 aromatic carbocycles. The van der Waals surface area contributed by atoms with E-state index < -0.39 is 0 Å². The lowest BCUT2D eigenvalue weighted by molar-refractivity contribution is 0.161. The molecule has 2 fully saturated rings. The maximum Gasteiger partial charge on any atom is 0.323 e. The second-order valence-electron chi connectivity index (χ2n) is 7.18. The van der Waals surface area contributed by atoms with Crippen molar-refractivity contribution in [3.63, 3.8) is 0 Å². The third-order valence-corrected chi connectivity index (χ3v) is 6.24. The van der Waals surface area contributed by atoms with Gasteiger partial charge in [0.05, 0.1) is 11.7 Å². The molecular formula is C18H19N7OS. The summed E-state index contributed by atoms with van der Waals surface area (Å²) in [5.41, 5.74) is 1.69. The molecule has 2 aliphatic rings. The van der Waals surface area contributed by atoms with Gasteiger partial charge in [-0.15, -0.1) is 10.2 Å². The van der Waals surface area contributed by atoms with Crippen molar-refractivity contribution in [1.82, 2.24) is 30.0 Å². The van der Waals surface area contributed by atoms with E-state index in [0.29, 0.717) is 17.9 Å². The Labute approximate surface area is 160 Å². The van der Waals surface area contributed by atoms with Crippen LogP contribution in [0.1, 0.15) is 11.4 Å². The molecule has 2 atom stereocenters. The van der Waals surface area contributed by atoms with Crippen LogP contribution in [0, 0.1) is 6.92 Å². The SMILES string of the molecule is Cc1nnc(-c2cnc3cnc(NC(=O)N4C[C@@H]5C[C@H]4CN5C)cc3c2)s1. The summed E-state index contributed by atoms with van der Waals surface area (Å²) in [5.74, 6) is 0.538. The highest BCUT2D eigenvalue weighted by molar-refractivity contribution is 7.14. The third-order valence-electron chi connectivity index (χ3n) is 5.35. The van der Waals surface area contributed by atoms with Gasteiger partial charge < -0.3 is 4.90 Å². The molecule has 1 N–H and O–H groups in total. The van der Waals surface area contributed by atoms with Gasteiger partial charge in [0.25, 0.3) is 0 Å². The molecule has 9 heteroatoms. The molecule has 2 saturated heterocycles. The predicted octanol–water partition coefficient (Wildman–Crippen LogP) is 2.38. The van der Waals surface area contributed by atoms with E-state index in [1.165, 1.54) is 11.3 Å². The molecule has 8 nitrogen and oxygen atoms in total. The standard InChI is InChI=1S/C18H19N7OS/c1-10-22-23-17(27-10)12-3-11-4-16(20-7-15(11)19-6-12)21-18(26)25-9-13-5-14(25)8-24(13)2/h3-4,6-7,13-14H,5,8-9H2,1-2H3,(H,20,21,26)/t13-,14-/m0/s1. The number of nitrogens with zero attached hydrogens (tertiary/aromatic N) is 6. The largest absolute Gasteiger partial charge is 0.323 e. The molecule has 2 bridgehead atoms. The van der Waals surface area contributed by atoms with E-state index in [1.54, 1.807) is 12.4 Å². The summed E-state index contributed by atoms with van der Waals surface area (Å²) in [6.45, 7) is 3.65. The number of anilines is 1. The molecule has 5 rings (SSSR count). The van der Waals surface area contributed by atoms with Gasteiger partial charge in [0, 0.05) is 42.3 Å². The Morgan fingerprint density at radius 1 is 1.19 bits per heavy atom. The number of amides is 2. The number of carbonyl (C=O) groups excluding carboxylic acids is 1. The van der Waals surface area contributed by atoms with E-state index >= 15 is 0 Å². The Morgan fingerprint density at radius 2 is 2.07 bits per heavy atom. The number of nitrogens with one attached hydrogen (secondary N) is 1. The number of rotatable bonds is 2. The van der Waals surface area contributed by atoms with E-state index in [4.69, 9.17) is 0 Å². The first kappa shape index (κ1) is 16.5. The fraction of sp³-hybridized carbons (Fsp3) is 0.389. The number of urea groups is 1. The molecule has 0 unspecified atom stereocenters. The lowest BCUT2D eigenvalue weighted by atomic mass is 10.2. The first-order chi connectivity index (χ1) is 13.1. The van der Waals surface area contributed by atoms with Crippen LogP contribution < -0.4 is 5.32 Å². The number of aryl methyl sites for hydroxylation is 1. The van der Waals surface area contributed by atoms with E-state index in [2.05, 4.69) is 37.4 Å². The highest BCUT2D eigenvalue weighted by atomic mass is 32.1. The zero-order valence-corrected chi connectivity index (χ0v) is 15.9. The predicted molar refractivity (Wildman–Crippen MR) is 104 cm³/mol. The summed E-state index contributed by atoms with van der Waals surface area (Å²) in [6, 6.07) is 4.57. The zero-order valence-electron chi connectivity index (χ0n) is 15.1. The summed E-state index contributed by atoms with van der Waals surface area (Å²) < 4.78 is 0. The summed E-state index contributed by atoms with van der Waals surface area (Å²) in [5, 5.41) is 13.8. The highest BCUT2D eigenvalue weighted by Gasteiger charge is 2.43. The van der Waals surface area contributed by atoms with Gasteiger partial charge in [-0.25, -0.2) is 9.78 Å². The molecule has 2 aliphatic heterocycles. The molecule has 0 spiro atoms. The van der Waals surface area contributed by atoms with Crippen molar-refractivity contribution in [2.24, 2.45) is 0 Å². The first-order valence-electron chi connectivity index (χ1n) is 8.91. The third kappa shape index (κ3) is 2.92. The van der Waals surface area contributed by atoms with Crippen molar-refractivity contribution in [2.75, 3.05) is 25.5 Å². The van der Waals surface area contributed by atoms with Gasteiger partial charge in [-0.3, -0.25) is 15.2 Å². The lowest BCUT2D eigenvalue weighted by Crippen LogP contribution is -2.48. The van der Waals surface area contributed by atoms with Crippen molar-refractivity contribution in [3.8, 4) is 10.6 Å². The quantitative estimate of drug-likeness (QED) is 0.733. The summed E-state index contributed by atoms with van der Waals surface area (Å²) in [7, 11) is 2.12. The second kappa shape index (κ2) is 6.21. The monoisotopic (exact) mass is 381 g/mol. The number of piperazine rings is 1. The molecule has 0 saturated carbocycles. The van der Waals surface area contributed by atoms with E-state index in [1.807, 2.05) is 24.0 Å². The molecule has 2 amide bonds. The van der Waals surface area contributed by atoms with Crippen LogP contribution in [-0.4, -0.2) is 68.2 Å². The van der Waals surface area contributed by atoms with Crippen LogP contribution in [0.5, 0.6) is 0 Å². The van der Waals surface area contributed by atoms with Gasteiger partial charge in [0.15, 0.2) is 0 Å². The minimum Gasteiger partial charge on any atom is -0.319 e. The second-order valence-corrected chi connectivity index (χ2v) is 8.36. The number of hydrogen-bond donors (Lipinski definition) is 1. The Kier molecular flexibility index (Phi) is 3.80. The normalized spacial score (nSPS) is 21.9. The fourth-order valence-corrected chi connectivity index (χ4v) is 4.60. The summed E-state index contributed by atoms with van der Waals surface area (Å²) in [6.07, 6.45) is 4.52. The molecular weight excluding hydrogens is 362 g/mol. The van der Waals surface area contributed by atoms with Crippen LogP contribution in [0.15, 0.2) is 24.5 Å². The van der Waals surface area contributed by atoms with Crippen LogP contribution in [-0.2, 0) is 0 Å². The van der Waals surface area contributed by atoms with Gasteiger partial charge in [-0.2, -0.15) is 0 Å². The van der Waals surface area contributed by atoms with Crippen LogP contribution in [0.25, 0.3) is 21.5 Å². The van der Waals surface area contributed by atoms with Crippen molar-refractivity contribution in [1.29, 1.82) is 0 Å². The molecule has 5 heterocycles. The summed E-state index contributed by atoms with van der Waals surface area (Å²) in [4.78, 5) is 25.7. The van der Waals surface area contributed by atoms with Crippen LogP contribution in [0.2, 0.25) is 0 Å². The average Bonchev–Trinajstić information content (AvgIpc) is 3.36. The van der Waals surface area contributed by atoms with E-state index in [-0.39, 0.29) is 6.03 Å². The van der Waals surface area contributed by atoms with Gasteiger partial charge in [-0.05, 0) is 32.5 Å². The number of carbonyl (C=O) groups is 1. The minimum absolute atomic E-state index is 0.0775. The number of likely N-dealkylation sites (N-methyl/N-ethyl adjacent to an activating group) is 1. The van der Waals surface area contributed by atoms with Crippen LogP contribution in [0.3, 0.4) is 0 Å². The van der Waals surface area contributed by atoms with Gasteiger partial charge in [0.1, 0.15) is 15.8 Å². The Hall–Kier alpha value is -2.65. The zero-order chi connectivity index (χ0) is 18.5. The topological polar surface area (TPSA) is 87.1 Å². The maximum absolute atomic E-state index is 12.7. The van der Waals surface area contributed by atoms with Crippen molar-refractivity contribution in [2.45, 2.75) is 25.4 Å². The van der Waals surface area contributed by atoms with Gasteiger partial charge in [0.2, 0.25) is 0 Å². The maximum atomic E-state index is 12.7. The molecule has 3 aromatic rings. The summed E-state index contributed by atoms with van der Waals surface area (Å²) >= 11 is 1.53. The Morgan fingerprint density at radius 3 is 2.78 bits per heavy atom. The van der Waals surface area contributed by atoms with Crippen molar-refractivity contribution in [3.05, 3.63) is 29.5 Å². The Balaban J connectivity index is 1.38. The Bertz CT molecular complexity index is 1030. The van der Waals surface area contributed by atoms with Gasteiger partial charge in [-0.1, -0.05) is 11.3 Å². The highest BCUT2D eigenvalue weighted by Crippen LogP contribution is 2.30. The number of aromatic nitrogens is 4. The molecule has 0 radical (unpaired) electrons. The molecule has 3 aromatic heterocycles. The fourth-order valence-electron chi connectivity index (χ4n) is 3.93. The average molecular weight is 381 g/mol. The van der Waals surface area contributed by atoms with E-state index in [0.717, 1.165) is 46.0 Å². The van der Waals surface area contributed by atoms with Gasteiger partial charge >= 0.3 is 6.03 Å².